The Hall–Kier alpha value is 0.220. The van der Waals surface area contributed by atoms with E-state index in [9.17, 15) is 13.0 Å². The summed E-state index contributed by atoms with van der Waals surface area (Å²) < 4.78 is 30.3. The van der Waals surface area contributed by atoms with Gasteiger partial charge in [-0.1, -0.05) is 0 Å². The first-order valence-electron chi connectivity index (χ1n) is 3.25. The van der Waals surface area contributed by atoms with Crippen LogP contribution in [-0.2, 0) is 10.1 Å². The maximum atomic E-state index is 10.1. The van der Waals surface area contributed by atoms with Crippen molar-refractivity contribution in [3.8, 4) is 0 Å². The predicted octanol–water partition coefficient (Wildman–Crippen LogP) is -0.431. The Labute approximate surface area is 72.3 Å². The Morgan fingerprint density at radius 1 is 1.55 bits per heavy atom. The van der Waals surface area contributed by atoms with E-state index in [-0.39, 0.29) is 11.8 Å². The van der Waals surface area contributed by atoms with Crippen LogP contribution < -0.4 is 5.73 Å². The molecule has 0 saturated heterocycles. The summed E-state index contributed by atoms with van der Waals surface area (Å²) >= 11 is 3.91. The largest absolute Gasteiger partial charge is 0.748 e. The molecule has 0 rings (SSSR count). The predicted molar refractivity (Wildman–Crippen MR) is 45.6 cm³/mol. The zero-order valence-electron chi connectivity index (χ0n) is 6.06. The van der Waals surface area contributed by atoms with Gasteiger partial charge >= 0.3 is 0 Å². The lowest BCUT2D eigenvalue weighted by Crippen LogP contribution is -2.22. The maximum absolute atomic E-state index is 10.1. The van der Waals surface area contributed by atoms with Crippen LogP contribution in [0.15, 0.2) is 0 Å². The summed E-state index contributed by atoms with van der Waals surface area (Å²) in [5.74, 6) is 0.188. The van der Waals surface area contributed by atoms with Crippen molar-refractivity contribution in [1.29, 1.82) is 0 Å². The van der Waals surface area contributed by atoms with E-state index in [1.165, 1.54) is 0 Å². The highest BCUT2D eigenvalue weighted by Crippen LogP contribution is 1.98. The molecule has 0 saturated carbocycles. The summed E-state index contributed by atoms with van der Waals surface area (Å²) in [6.45, 7) is 0. The fourth-order valence-corrected chi connectivity index (χ4v) is 1.32. The van der Waals surface area contributed by atoms with Crippen molar-refractivity contribution in [2.75, 3.05) is 11.5 Å². The van der Waals surface area contributed by atoms with E-state index < -0.39 is 10.1 Å². The van der Waals surface area contributed by atoms with Gasteiger partial charge in [0.05, 0.1) is 10.1 Å². The molecule has 4 nitrogen and oxygen atoms in total. The third-order valence-electron chi connectivity index (χ3n) is 1.20. The van der Waals surface area contributed by atoms with Gasteiger partial charge in [0, 0.05) is 17.5 Å². The molecule has 0 heterocycles. The van der Waals surface area contributed by atoms with Crippen LogP contribution >= 0.6 is 12.6 Å². The van der Waals surface area contributed by atoms with Crippen LogP contribution in [0.25, 0.3) is 0 Å². The fourth-order valence-electron chi connectivity index (χ4n) is 0.614. The van der Waals surface area contributed by atoms with Crippen LogP contribution in [0.1, 0.15) is 12.8 Å². The standard InChI is InChI=1S/C5H13NO3S2/c6-5(4-10)2-1-3-11(7,8)9/h5,10H,1-4,6H2,(H,7,8,9)/p-1/t5-/m0/s1. The average molecular weight is 198 g/mol. The first kappa shape index (κ1) is 11.2. The highest BCUT2D eigenvalue weighted by molar-refractivity contribution is 7.85. The molecule has 0 unspecified atom stereocenters. The van der Waals surface area contributed by atoms with Crippen molar-refractivity contribution >= 4 is 22.7 Å². The van der Waals surface area contributed by atoms with Gasteiger partial charge in [-0.3, -0.25) is 0 Å². The lowest BCUT2D eigenvalue weighted by atomic mass is 10.2. The third kappa shape index (κ3) is 8.12. The molecule has 0 aromatic rings. The van der Waals surface area contributed by atoms with Gasteiger partial charge in [0.25, 0.3) is 0 Å². The topological polar surface area (TPSA) is 83.2 Å². The van der Waals surface area contributed by atoms with Gasteiger partial charge in [-0.25, -0.2) is 8.42 Å². The van der Waals surface area contributed by atoms with Crippen LogP contribution in [0.5, 0.6) is 0 Å². The van der Waals surface area contributed by atoms with Crippen LogP contribution in [0, 0.1) is 0 Å². The lowest BCUT2D eigenvalue weighted by molar-refractivity contribution is 0.459. The molecule has 0 aromatic heterocycles. The van der Waals surface area contributed by atoms with Crippen LogP contribution in [0.2, 0.25) is 0 Å². The van der Waals surface area contributed by atoms with Gasteiger partial charge in [0.15, 0.2) is 0 Å². The summed E-state index contributed by atoms with van der Waals surface area (Å²) in [4.78, 5) is 0. The second kappa shape index (κ2) is 4.97. The molecule has 6 heteroatoms. The van der Waals surface area contributed by atoms with Gasteiger partial charge in [0.2, 0.25) is 0 Å². The second-order valence-electron chi connectivity index (χ2n) is 2.35. The molecule has 0 amide bonds. The van der Waals surface area contributed by atoms with E-state index in [1.807, 2.05) is 0 Å². The average Bonchev–Trinajstić information content (AvgIpc) is 1.85. The second-order valence-corrected chi connectivity index (χ2v) is 4.24. The Bertz CT molecular complexity index is 190. The van der Waals surface area contributed by atoms with Crippen molar-refractivity contribution in [3.05, 3.63) is 0 Å². The fraction of sp³-hybridized carbons (Fsp3) is 1.00. The minimum Gasteiger partial charge on any atom is -0.748 e. The zero-order valence-corrected chi connectivity index (χ0v) is 7.77. The van der Waals surface area contributed by atoms with E-state index in [4.69, 9.17) is 5.73 Å². The SMILES string of the molecule is N[C@H](CS)CCCS(=O)(=O)[O-]. The van der Waals surface area contributed by atoms with Crippen molar-refractivity contribution in [3.63, 3.8) is 0 Å². The lowest BCUT2D eigenvalue weighted by Gasteiger charge is -2.09. The van der Waals surface area contributed by atoms with Crippen molar-refractivity contribution in [2.24, 2.45) is 5.73 Å². The number of hydrogen-bond donors (Lipinski definition) is 2. The van der Waals surface area contributed by atoms with Crippen molar-refractivity contribution < 1.29 is 13.0 Å². The molecule has 0 bridgehead atoms. The number of hydrogen-bond acceptors (Lipinski definition) is 5. The Balaban J connectivity index is 3.43. The summed E-state index contributed by atoms with van der Waals surface area (Å²) in [6.07, 6.45) is 0.860. The Morgan fingerprint density at radius 3 is 2.45 bits per heavy atom. The first-order valence-corrected chi connectivity index (χ1v) is 5.46. The normalized spacial score (nSPS) is 14.8. The first-order chi connectivity index (χ1) is 4.95. The third-order valence-corrected chi connectivity index (χ3v) is 2.46. The van der Waals surface area contributed by atoms with Crippen LogP contribution in [0.3, 0.4) is 0 Å². The molecule has 0 radical (unpaired) electrons. The minimum absolute atomic E-state index is 0.111. The maximum Gasteiger partial charge on any atom is 0.0945 e. The van der Waals surface area contributed by atoms with Gasteiger partial charge in [0.1, 0.15) is 0 Å². The molecule has 1 atom stereocenters. The zero-order chi connectivity index (χ0) is 8.91. The van der Waals surface area contributed by atoms with Crippen LogP contribution in [0.4, 0.5) is 0 Å². The summed E-state index contributed by atoms with van der Waals surface area (Å²) in [7, 11) is -4.06. The van der Waals surface area contributed by atoms with Gasteiger partial charge in [-0.15, -0.1) is 0 Å². The summed E-state index contributed by atoms with van der Waals surface area (Å²) in [5.41, 5.74) is 5.43. The molecular weight excluding hydrogens is 186 g/mol. The molecule has 0 aliphatic rings. The minimum atomic E-state index is -4.06. The van der Waals surface area contributed by atoms with E-state index in [0.29, 0.717) is 18.6 Å². The highest BCUT2D eigenvalue weighted by Gasteiger charge is 2.00. The number of rotatable bonds is 5. The molecule has 0 fully saturated rings. The van der Waals surface area contributed by atoms with Gasteiger partial charge < -0.3 is 10.3 Å². The molecular formula is C5H12NO3S2-. The molecule has 0 aliphatic carbocycles. The van der Waals surface area contributed by atoms with E-state index >= 15 is 0 Å². The van der Waals surface area contributed by atoms with E-state index in [2.05, 4.69) is 12.6 Å². The molecule has 0 aromatic carbocycles. The Morgan fingerprint density at radius 2 is 2.09 bits per heavy atom. The molecule has 68 valence electrons. The number of thiol groups is 1. The highest BCUT2D eigenvalue weighted by atomic mass is 32.2. The smallest absolute Gasteiger partial charge is 0.0945 e. The monoisotopic (exact) mass is 198 g/mol. The number of nitrogens with two attached hydrogens (primary N) is 1. The van der Waals surface area contributed by atoms with E-state index in [0.717, 1.165) is 0 Å². The molecule has 0 aliphatic heterocycles. The molecule has 0 spiro atoms. The summed E-state index contributed by atoms with van der Waals surface area (Å²) in [6, 6.07) is -0.111. The summed E-state index contributed by atoms with van der Waals surface area (Å²) in [5, 5.41) is 0. The van der Waals surface area contributed by atoms with Crippen LogP contribution in [-0.4, -0.2) is 30.5 Å². The molecule has 2 N–H and O–H groups in total. The Kier molecular flexibility index (Phi) is 5.07. The van der Waals surface area contributed by atoms with E-state index in [1.54, 1.807) is 0 Å². The van der Waals surface area contributed by atoms with Crippen molar-refractivity contribution in [2.45, 2.75) is 18.9 Å². The van der Waals surface area contributed by atoms with Crippen molar-refractivity contribution in [1.82, 2.24) is 0 Å². The van der Waals surface area contributed by atoms with Gasteiger partial charge in [-0.05, 0) is 12.8 Å². The van der Waals surface area contributed by atoms with Gasteiger partial charge in [-0.2, -0.15) is 12.6 Å². The molecule has 11 heavy (non-hydrogen) atoms. The quantitative estimate of drug-likeness (QED) is 0.464.